The molecule has 14 heavy (non-hydrogen) atoms. The van der Waals surface area contributed by atoms with E-state index >= 15 is 0 Å². The first kappa shape index (κ1) is 10.0. The summed E-state index contributed by atoms with van der Waals surface area (Å²) in [7, 11) is 0. The van der Waals surface area contributed by atoms with Gasteiger partial charge in [-0.05, 0) is 37.3 Å². The Morgan fingerprint density at radius 3 is 3.00 bits per heavy atom. The molecule has 0 saturated heterocycles. The topological polar surface area (TPSA) is 14.1 Å². The van der Waals surface area contributed by atoms with Crippen LogP contribution in [-0.2, 0) is 6.42 Å². The van der Waals surface area contributed by atoms with Crippen molar-refractivity contribution in [2.75, 3.05) is 0 Å². The van der Waals surface area contributed by atoms with Gasteiger partial charge in [0.1, 0.15) is 0 Å². The molecular weight excluding hydrogens is 194 g/mol. The van der Waals surface area contributed by atoms with E-state index in [1.807, 2.05) is 6.92 Å². The number of halogens is 1. The number of nitrogens with zero attached hydrogens (tertiary/aromatic N) is 1. The van der Waals surface area contributed by atoms with Crippen molar-refractivity contribution < 1.29 is 0 Å². The molecule has 1 unspecified atom stereocenters. The Hall–Kier alpha value is -0.530. The van der Waals surface area contributed by atoms with Crippen LogP contribution in [-0.4, -0.2) is 5.50 Å². The first-order valence-corrected chi connectivity index (χ1v) is 5.63. The molecule has 1 aliphatic rings. The number of hydrogen-bond donors (Lipinski definition) is 0. The molecule has 0 saturated carbocycles. The van der Waals surface area contributed by atoms with Crippen LogP contribution < -0.4 is 5.32 Å². The third-order valence-corrected chi connectivity index (χ3v) is 2.84. The van der Waals surface area contributed by atoms with Crippen LogP contribution in [0.5, 0.6) is 0 Å². The Morgan fingerprint density at radius 1 is 1.43 bits per heavy atom. The monoisotopic (exact) mass is 208 g/mol. The Labute approximate surface area is 90.5 Å². The lowest BCUT2D eigenvalue weighted by molar-refractivity contribution is 0.447. The van der Waals surface area contributed by atoms with Crippen molar-refractivity contribution in [1.82, 2.24) is 5.32 Å². The molecule has 1 aliphatic carbocycles. The van der Waals surface area contributed by atoms with E-state index in [4.69, 9.17) is 11.6 Å². The van der Waals surface area contributed by atoms with E-state index in [0.717, 1.165) is 6.42 Å². The maximum absolute atomic E-state index is 5.91. The van der Waals surface area contributed by atoms with Gasteiger partial charge in [-0.15, -0.1) is 11.6 Å². The summed E-state index contributed by atoms with van der Waals surface area (Å²) in [6.45, 7) is 1.93. The van der Waals surface area contributed by atoms with E-state index in [2.05, 4.69) is 29.6 Å². The zero-order valence-corrected chi connectivity index (χ0v) is 9.17. The lowest BCUT2D eigenvalue weighted by Crippen LogP contribution is -2.23. The first-order chi connectivity index (χ1) is 6.77. The molecule has 0 amide bonds. The van der Waals surface area contributed by atoms with Crippen molar-refractivity contribution in [2.45, 2.75) is 37.7 Å². The fraction of sp³-hybridized carbons (Fsp3) is 0.500. The summed E-state index contributed by atoms with van der Waals surface area (Å²) in [5.41, 5.74) is 2.75. The number of alkyl halides is 1. The fourth-order valence-electron chi connectivity index (χ4n) is 2.13. The molecule has 2 heteroatoms. The molecule has 0 bridgehead atoms. The highest BCUT2D eigenvalue weighted by molar-refractivity contribution is 6.20. The van der Waals surface area contributed by atoms with Gasteiger partial charge in [-0.3, -0.25) is 0 Å². The average Bonchev–Trinajstić information content (AvgIpc) is 2.18. The molecule has 0 fully saturated rings. The van der Waals surface area contributed by atoms with Gasteiger partial charge in [-0.1, -0.05) is 24.3 Å². The van der Waals surface area contributed by atoms with Crippen LogP contribution in [0.25, 0.3) is 0 Å². The van der Waals surface area contributed by atoms with Crippen LogP contribution in [0.3, 0.4) is 0 Å². The third kappa shape index (κ3) is 2.10. The maximum atomic E-state index is 5.91. The lowest BCUT2D eigenvalue weighted by Gasteiger charge is -2.25. The molecule has 1 aromatic carbocycles. The van der Waals surface area contributed by atoms with Gasteiger partial charge in [-0.25, -0.2) is 5.32 Å². The predicted octanol–water partition coefficient (Wildman–Crippen LogP) is 3.25. The predicted molar refractivity (Wildman–Crippen MR) is 59.6 cm³/mol. The van der Waals surface area contributed by atoms with Gasteiger partial charge in [0.25, 0.3) is 0 Å². The minimum Gasteiger partial charge on any atom is -0.215 e. The molecule has 1 aromatic rings. The highest BCUT2D eigenvalue weighted by Gasteiger charge is 2.21. The molecule has 75 valence electrons. The smallest absolute Gasteiger partial charge is 0.0963 e. The minimum absolute atomic E-state index is 0.0776. The van der Waals surface area contributed by atoms with Crippen molar-refractivity contribution >= 4 is 11.6 Å². The largest absolute Gasteiger partial charge is 0.215 e. The summed E-state index contributed by atoms with van der Waals surface area (Å²) in [5, 5.41) is 4.54. The molecule has 0 N–H and O–H groups in total. The van der Waals surface area contributed by atoms with Gasteiger partial charge in [0.05, 0.1) is 11.5 Å². The number of benzene rings is 1. The molecule has 0 aromatic heterocycles. The van der Waals surface area contributed by atoms with Crippen molar-refractivity contribution in [1.29, 1.82) is 0 Å². The van der Waals surface area contributed by atoms with Crippen LogP contribution in [0, 0.1) is 0 Å². The van der Waals surface area contributed by atoms with Gasteiger partial charge in [0, 0.05) is 0 Å². The third-order valence-electron chi connectivity index (χ3n) is 2.72. The Morgan fingerprint density at radius 2 is 2.21 bits per heavy atom. The van der Waals surface area contributed by atoms with E-state index in [-0.39, 0.29) is 5.50 Å². The zero-order chi connectivity index (χ0) is 9.97. The zero-order valence-electron chi connectivity index (χ0n) is 8.41. The molecular formula is C12H15ClN. The average molecular weight is 209 g/mol. The number of fused-ring (bicyclic) bond motifs is 1. The highest BCUT2D eigenvalue weighted by atomic mass is 35.5. The summed E-state index contributed by atoms with van der Waals surface area (Å²) >= 11 is 5.91. The van der Waals surface area contributed by atoms with Crippen LogP contribution in [0.4, 0.5) is 0 Å². The van der Waals surface area contributed by atoms with E-state index in [9.17, 15) is 0 Å². The van der Waals surface area contributed by atoms with Crippen LogP contribution in [0.2, 0.25) is 0 Å². The summed E-state index contributed by atoms with van der Waals surface area (Å²) in [4.78, 5) is 0. The summed E-state index contributed by atoms with van der Waals surface area (Å²) < 4.78 is 0. The van der Waals surface area contributed by atoms with Gasteiger partial charge in [0.15, 0.2) is 0 Å². The Kier molecular flexibility index (Phi) is 3.09. The normalized spacial score (nSPS) is 22.9. The molecule has 2 atom stereocenters. The van der Waals surface area contributed by atoms with E-state index < -0.39 is 0 Å². The summed E-state index contributed by atoms with van der Waals surface area (Å²) in [6, 6.07) is 8.90. The van der Waals surface area contributed by atoms with Crippen molar-refractivity contribution in [3.05, 3.63) is 35.4 Å². The fourth-order valence-corrected chi connectivity index (χ4v) is 2.27. The van der Waals surface area contributed by atoms with Crippen molar-refractivity contribution in [2.24, 2.45) is 0 Å². The Balaban J connectivity index is 2.22. The summed E-state index contributed by atoms with van der Waals surface area (Å²) in [6.07, 6.45) is 3.57. The molecule has 1 radical (unpaired) electrons. The van der Waals surface area contributed by atoms with Gasteiger partial charge in [-0.2, -0.15) is 0 Å². The number of hydrogen-bond acceptors (Lipinski definition) is 0. The second kappa shape index (κ2) is 4.33. The second-order valence-electron chi connectivity index (χ2n) is 3.83. The van der Waals surface area contributed by atoms with Gasteiger partial charge >= 0.3 is 0 Å². The molecule has 0 aliphatic heterocycles. The molecule has 0 spiro atoms. The van der Waals surface area contributed by atoms with Gasteiger partial charge < -0.3 is 0 Å². The molecule has 0 heterocycles. The molecule has 2 rings (SSSR count). The number of rotatable bonds is 2. The number of aryl methyl sites for hydroxylation is 1. The second-order valence-corrected chi connectivity index (χ2v) is 4.46. The maximum Gasteiger partial charge on any atom is 0.0963 e. The first-order valence-electron chi connectivity index (χ1n) is 5.19. The Bertz CT molecular complexity index is 309. The standard InChI is InChI=1S/C12H15ClN/c1-9(13)14-12-8-4-6-10-5-2-3-7-11(10)12/h2-3,5,7,9,12H,4,6,8H2,1H3/t9?,12-/m0/s1. The van der Waals surface area contributed by atoms with E-state index in [0.29, 0.717) is 6.04 Å². The lowest BCUT2D eigenvalue weighted by atomic mass is 9.88. The van der Waals surface area contributed by atoms with E-state index in [1.165, 1.54) is 24.0 Å². The van der Waals surface area contributed by atoms with Gasteiger partial charge in [0.2, 0.25) is 0 Å². The minimum atomic E-state index is -0.0776. The van der Waals surface area contributed by atoms with Crippen LogP contribution in [0.1, 0.15) is 36.9 Å². The van der Waals surface area contributed by atoms with Crippen LogP contribution in [0.15, 0.2) is 24.3 Å². The highest BCUT2D eigenvalue weighted by Crippen LogP contribution is 2.30. The van der Waals surface area contributed by atoms with E-state index in [1.54, 1.807) is 0 Å². The quantitative estimate of drug-likeness (QED) is 0.523. The SMILES string of the molecule is CC(Cl)[N][C@H]1CCCc2ccccc21. The van der Waals surface area contributed by atoms with Crippen molar-refractivity contribution in [3.8, 4) is 0 Å². The molecule has 1 nitrogen and oxygen atoms in total. The van der Waals surface area contributed by atoms with Crippen molar-refractivity contribution in [3.63, 3.8) is 0 Å². The van der Waals surface area contributed by atoms with Crippen LogP contribution >= 0.6 is 11.6 Å². The summed E-state index contributed by atoms with van der Waals surface area (Å²) in [5.74, 6) is 0.